The van der Waals surface area contributed by atoms with Gasteiger partial charge < -0.3 is 5.11 Å². The fraction of sp³-hybridized carbons (Fsp3) is 0.400. The third kappa shape index (κ3) is 3.23. The molecule has 1 aromatic carbocycles. The van der Waals surface area contributed by atoms with Gasteiger partial charge in [-0.25, -0.2) is 4.39 Å². The highest BCUT2D eigenvalue weighted by molar-refractivity contribution is 6.31. The Morgan fingerprint density at radius 1 is 1.33 bits per heavy atom. The van der Waals surface area contributed by atoms with Crippen LogP contribution < -0.4 is 0 Å². The maximum atomic E-state index is 13.8. The molecule has 2 rings (SSSR count). The molecule has 114 valence electrons. The number of halogens is 3. The van der Waals surface area contributed by atoms with E-state index in [0.717, 1.165) is 0 Å². The lowest BCUT2D eigenvalue weighted by atomic mass is 9.97. The van der Waals surface area contributed by atoms with Crippen LogP contribution in [0.4, 0.5) is 4.39 Å². The van der Waals surface area contributed by atoms with E-state index >= 15 is 0 Å². The predicted octanol–water partition coefficient (Wildman–Crippen LogP) is 4.27. The number of nitrogens with zero attached hydrogens (tertiary/aromatic N) is 2. The Bertz CT molecular complexity index is 635. The zero-order chi connectivity index (χ0) is 15.7. The van der Waals surface area contributed by atoms with Crippen molar-refractivity contribution < 1.29 is 9.50 Å². The number of hydrogen-bond donors (Lipinski definition) is 1. The molecule has 1 atom stereocenters. The molecule has 3 nitrogen and oxygen atoms in total. The van der Waals surface area contributed by atoms with Gasteiger partial charge in [-0.3, -0.25) is 4.68 Å². The van der Waals surface area contributed by atoms with Crippen molar-refractivity contribution in [1.29, 1.82) is 0 Å². The van der Waals surface area contributed by atoms with Crippen molar-refractivity contribution in [1.82, 2.24) is 9.78 Å². The number of aromatic nitrogens is 2. The van der Waals surface area contributed by atoms with Gasteiger partial charge in [-0.15, -0.1) is 0 Å². The first kappa shape index (κ1) is 16.3. The van der Waals surface area contributed by atoms with E-state index in [2.05, 4.69) is 5.10 Å². The first-order valence-electron chi connectivity index (χ1n) is 6.66. The second-order valence-electron chi connectivity index (χ2n) is 5.29. The van der Waals surface area contributed by atoms with Gasteiger partial charge in [-0.05, 0) is 18.1 Å². The van der Waals surface area contributed by atoms with Gasteiger partial charge >= 0.3 is 0 Å². The minimum Gasteiger partial charge on any atom is -0.388 e. The Morgan fingerprint density at radius 2 is 2.00 bits per heavy atom. The van der Waals surface area contributed by atoms with Crippen LogP contribution in [0.1, 0.15) is 42.7 Å². The van der Waals surface area contributed by atoms with Crippen LogP contribution >= 0.6 is 23.2 Å². The molecule has 0 amide bonds. The zero-order valence-corrected chi connectivity index (χ0v) is 13.6. The molecule has 0 aliphatic heterocycles. The van der Waals surface area contributed by atoms with Crippen molar-refractivity contribution in [2.45, 2.75) is 32.3 Å². The van der Waals surface area contributed by atoms with Crippen LogP contribution in [0, 0.1) is 5.82 Å². The molecule has 0 radical (unpaired) electrons. The van der Waals surface area contributed by atoms with Gasteiger partial charge in [0.05, 0.1) is 11.8 Å². The molecule has 1 heterocycles. The van der Waals surface area contributed by atoms with Crippen LogP contribution in [0.25, 0.3) is 0 Å². The molecule has 21 heavy (non-hydrogen) atoms. The van der Waals surface area contributed by atoms with E-state index in [1.807, 2.05) is 13.8 Å². The molecular weight excluding hydrogens is 314 g/mol. The van der Waals surface area contributed by atoms with Crippen LogP contribution in [-0.4, -0.2) is 14.9 Å². The van der Waals surface area contributed by atoms with Crippen molar-refractivity contribution >= 4 is 23.2 Å². The molecule has 6 heteroatoms. The first-order valence-corrected chi connectivity index (χ1v) is 7.41. The standard InChI is InChI=1S/C15H17Cl2FN2O/c1-8(2)14-13(15(17)20(3)19-14)12(21)7-9-10(16)5-4-6-11(9)18/h4-6,8,12,21H,7H2,1-3H3. The average Bonchev–Trinajstić information content (AvgIpc) is 2.71. The monoisotopic (exact) mass is 330 g/mol. The Labute approximate surface area is 133 Å². The second kappa shape index (κ2) is 6.34. The number of aliphatic hydroxyl groups excluding tert-OH is 1. The number of rotatable bonds is 4. The minimum atomic E-state index is -0.960. The smallest absolute Gasteiger partial charge is 0.132 e. The second-order valence-corrected chi connectivity index (χ2v) is 6.05. The summed E-state index contributed by atoms with van der Waals surface area (Å²) in [6, 6.07) is 4.45. The topological polar surface area (TPSA) is 38.0 Å². The van der Waals surface area contributed by atoms with Gasteiger partial charge in [-0.1, -0.05) is 43.1 Å². The van der Waals surface area contributed by atoms with Gasteiger partial charge in [0.15, 0.2) is 0 Å². The molecule has 0 saturated heterocycles. The summed E-state index contributed by atoms with van der Waals surface area (Å²) in [5.74, 6) is -0.336. The number of aryl methyl sites for hydroxylation is 1. The molecule has 0 fully saturated rings. The fourth-order valence-electron chi connectivity index (χ4n) is 2.30. The summed E-state index contributed by atoms with van der Waals surface area (Å²) >= 11 is 12.2. The van der Waals surface area contributed by atoms with Crippen LogP contribution in [0.15, 0.2) is 18.2 Å². The van der Waals surface area contributed by atoms with E-state index in [-0.39, 0.29) is 17.9 Å². The van der Waals surface area contributed by atoms with Crippen molar-refractivity contribution in [3.05, 3.63) is 51.0 Å². The summed E-state index contributed by atoms with van der Waals surface area (Å²) in [5.41, 5.74) is 1.53. The molecule has 1 unspecified atom stereocenters. The first-order chi connectivity index (χ1) is 9.82. The Hall–Kier alpha value is -1.10. The highest BCUT2D eigenvalue weighted by Gasteiger charge is 2.25. The van der Waals surface area contributed by atoms with Crippen molar-refractivity contribution in [2.24, 2.45) is 7.05 Å². The molecule has 0 aliphatic carbocycles. The molecule has 1 aromatic heterocycles. The molecule has 0 spiro atoms. The van der Waals surface area contributed by atoms with Gasteiger partial charge in [0, 0.05) is 29.6 Å². The van der Waals surface area contributed by atoms with E-state index in [1.165, 1.54) is 16.8 Å². The molecule has 0 bridgehead atoms. The summed E-state index contributed by atoms with van der Waals surface area (Å²) in [7, 11) is 1.71. The minimum absolute atomic E-state index is 0.0522. The van der Waals surface area contributed by atoms with E-state index in [0.29, 0.717) is 21.4 Å². The zero-order valence-electron chi connectivity index (χ0n) is 12.1. The lowest BCUT2D eigenvalue weighted by molar-refractivity contribution is 0.176. The van der Waals surface area contributed by atoms with Crippen LogP contribution in [0.5, 0.6) is 0 Å². The maximum absolute atomic E-state index is 13.8. The highest BCUT2D eigenvalue weighted by Crippen LogP contribution is 2.34. The molecule has 2 aromatic rings. The van der Waals surface area contributed by atoms with Crippen LogP contribution in [0.2, 0.25) is 10.2 Å². The number of aliphatic hydroxyl groups is 1. The molecular formula is C15H17Cl2FN2O. The molecule has 0 saturated carbocycles. The SMILES string of the molecule is CC(C)c1nn(C)c(Cl)c1C(O)Cc1c(F)cccc1Cl. The van der Waals surface area contributed by atoms with E-state index in [1.54, 1.807) is 13.1 Å². The Morgan fingerprint density at radius 3 is 2.57 bits per heavy atom. The Kier molecular flexibility index (Phi) is 4.91. The van der Waals surface area contributed by atoms with Crippen molar-refractivity contribution in [2.75, 3.05) is 0 Å². The van der Waals surface area contributed by atoms with Crippen molar-refractivity contribution in [3.8, 4) is 0 Å². The summed E-state index contributed by atoms with van der Waals surface area (Å²) in [4.78, 5) is 0. The summed E-state index contributed by atoms with van der Waals surface area (Å²) in [6.45, 7) is 3.93. The average molecular weight is 331 g/mol. The Balaban J connectivity index is 2.39. The summed E-state index contributed by atoms with van der Waals surface area (Å²) < 4.78 is 15.4. The van der Waals surface area contributed by atoms with E-state index in [4.69, 9.17) is 23.2 Å². The molecule has 1 N–H and O–H groups in total. The number of hydrogen-bond acceptors (Lipinski definition) is 2. The van der Waals surface area contributed by atoms with Gasteiger partial charge in [0.25, 0.3) is 0 Å². The number of benzene rings is 1. The van der Waals surface area contributed by atoms with Crippen LogP contribution in [0.3, 0.4) is 0 Å². The fourth-order valence-corrected chi connectivity index (χ4v) is 2.80. The van der Waals surface area contributed by atoms with Crippen molar-refractivity contribution in [3.63, 3.8) is 0 Å². The van der Waals surface area contributed by atoms with Gasteiger partial charge in [0.1, 0.15) is 11.0 Å². The lowest BCUT2D eigenvalue weighted by Crippen LogP contribution is -2.07. The largest absolute Gasteiger partial charge is 0.388 e. The summed E-state index contributed by atoms with van der Waals surface area (Å²) in [6.07, 6.45) is -0.908. The lowest BCUT2D eigenvalue weighted by Gasteiger charge is -2.14. The quantitative estimate of drug-likeness (QED) is 0.909. The molecule has 0 aliphatic rings. The third-order valence-electron chi connectivity index (χ3n) is 3.38. The van der Waals surface area contributed by atoms with Gasteiger partial charge in [0.2, 0.25) is 0 Å². The predicted molar refractivity (Wildman–Crippen MR) is 82.4 cm³/mol. The highest BCUT2D eigenvalue weighted by atomic mass is 35.5. The van der Waals surface area contributed by atoms with E-state index < -0.39 is 11.9 Å². The van der Waals surface area contributed by atoms with Gasteiger partial charge in [-0.2, -0.15) is 5.10 Å². The summed E-state index contributed by atoms with van der Waals surface area (Å²) in [5, 5.41) is 15.5. The normalized spacial score (nSPS) is 13.0. The van der Waals surface area contributed by atoms with Crippen LogP contribution in [-0.2, 0) is 13.5 Å². The van der Waals surface area contributed by atoms with E-state index in [9.17, 15) is 9.50 Å². The third-order valence-corrected chi connectivity index (χ3v) is 4.18. The maximum Gasteiger partial charge on any atom is 0.132 e.